The standard InChI is InChI=1S/C14H13Cl2N3S2/c1-8-10(15)4-3-5-11(8)17-14(20)19-18-9(2)12-6-7-13(16)21-12/h3-7H,1-2H3,(H2,17,19,20). The van der Waals surface area contributed by atoms with Crippen molar-refractivity contribution < 1.29 is 0 Å². The quantitative estimate of drug-likeness (QED) is 0.457. The van der Waals surface area contributed by atoms with Crippen molar-refractivity contribution in [1.29, 1.82) is 0 Å². The van der Waals surface area contributed by atoms with Crippen LogP contribution in [0.3, 0.4) is 0 Å². The zero-order valence-corrected chi connectivity index (χ0v) is 14.6. The van der Waals surface area contributed by atoms with Gasteiger partial charge >= 0.3 is 0 Å². The molecule has 2 N–H and O–H groups in total. The maximum atomic E-state index is 6.06. The molecule has 1 aromatic heterocycles. The van der Waals surface area contributed by atoms with Gasteiger partial charge in [-0.25, -0.2) is 0 Å². The van der Waals surface area contributed by atoms with Gasteiger partial charge in [0.15, 0.2) is 5.11 Å². The van der Waals surface area contributed by atoms with Crippen molar-refractivity contribution >= 4 is 63.3 Å². The Balaban J connectivity index is 2.00. The van der Waals surface area contributed by atoms with Crippen LogP contribution in [0.25, 0.3) is 0 Å². The van der Waals surface area contributed by atoms with E-state index in [-0.39, 0.29) is 0 Å². The molecule has 0 aliphatic carbocycles. The highest BCUT2D eigenvalue weighted by molar-refractivity contribution is 7.80. The molecule has 1 heterocycles. The van der Waals surface area contributed by atoms with Crippen LogP contribution in [0.15, 0.2) is 35.4 Å². The van der Waals surface area contributed by atoms with E-state index in [9.17, 15) is 0 Å². The van der Waals surface area contributed by atoms with Crippen LogP contribution >= 0.6 is 46.8 Å². The van der Waals surface area contributed by atoms with Crippen LogP contribution in [0, 0.1) is 6.92 Å². The van der Waals surface area contributed by atoms with E-state index < -0.39 is 0 Å². The molecule has 2 rings (SSSR count). The van der Waals surface area contributed by atoms with Gasteiger partial charge < -0.3 is 5.32 Å². The fraction of sp³-hybridized carbons (Fsp3) is 0.143. The fourth-order valence-electron chi connectivity index (χ4n) is 1.59. The molecule has 0 saturated carbocycles. The summed E-state index contributed by atoms with van der Waals surface area (Å²) >= 11 is 18.7. The smallest absolute Gasteiger partial charge is 0.191 e. The topological polar surface area (TPSA) is 36.4 Å². The highest BCUT2D eigenvalue weighted by Crippen LogP contribution is 2.23. The largest absolute Gasteiger partial charge is 0.331 e. The van der Waals surface area contributed by atoms with Gasteiger partial charge in [0.25, 0.3) is 0 Å². The van der Waals surface area contributed by atoms with E-state index in [0.29, 0.717) is 10.1 Å². The lowest BCUT2D eigenvalue weighted by atomic mass is 10.2. The minimum absolute atomic E-state index is 0.405. The second-order valence-electron chi connectivity index (χ2n) is 4.28. The number of benzene rings is 1. The SMILES string of the molecule is CC(=NNC(=S)Nc1cccc(Cl)c1C)c1ccc(Cl)s1. The van der Waals surface area contributed by atoms with Crippen LogP contribution < -0.4 is 10.7 Å². The van der Waals surface area contributed by atoms with Crippen molar-refractivity contribution in [3.8, 4) is 0 Å². The third kappa shape index (κ3) is 4.41. The highest BCUT2D eigenvalue weighted by atomic mass is 35.5. The summed E-state index contributed by atoms with van der Waals surface area (Å²) in [5, 5.41) is 8.40. The van der Waals surface area contributed by atoms with Gasteiger partial charge in [0.1, 0.15) is 0 Å². The number of thiophene rings is 1. The Kier molecular flexibility index (Phi) is 5.58. The summed E-state index contributed by atoms with van der Waals surface area (Å²) in [6.45, 7) is 3.82. The average molecular weight is 358 g/mol. The zero-order chi connectivity index (χ0) is 15.4. The first kappa shape index (κ1) is 16.2. The summed E-state index contributed by atoms with van der Waals surface area (Å²) in [6, 6.07) is 9.37. The van der Waals surface area contributed by atoms with E-state index >= 15 is 0 Å². The van der Waals surface area contributed by atoms with Crippen molar-refractivity contribution in [3.63, 3.8) is 0 Å². The number of halogens is 2. The average Bonchev–Trinajstić information content (AvgIpc) is 2.88. The van der Waals surface area contributed by atoms with E-state index in [0.717, 1.165) is 26.2 Å². The minimum atomic E-state index is 0.405. The van der Waals surface area contributed by atoms with E-state index in [1.54, 1.807) is 0 Å². The summed E-state index contributed by atoms with van der Waals surface area (Å²) < 4.78 is 0.731. The predicted molar refractivity (Wildman–Crippen MR) is 97.1 cm³/mol. The molecular weight excluding hydrogens is 345 g/mol. The van der Waals surface area contributed by atoms with Crippen molar-refractivity contribution in [2.24, 2.45) is 5.10 Å². The first-order valence-corrected chi connectivity index (χ1v) is 8.07. The summed E-state index contributed by atoms with van der Waals surface area (Å²) in [4.78, 5) is 0.995. The summed E-state index contributed by atoms with van der Waals surface area (Å²) in [5.41, 5.74) is 5.43. The van der Waals surface area contributed by atoms with E-state index in [4.69, 9.17) is 35.4 Å². The van der Waals surface area contributed by atoms with Crippen LogP contribution in [0.5, 0.6) is 0 Å². The first-order valence-electron chi connectivity index (χ1n) is 6.09. The third-order valence-corrected chi connectivity index (χ3v) is 4.71. The molecule has 0 aliphatic heterocycles. The maximum Gasteiger partial charge on any atom is 0.191 e. The van der Waals surface area contributed by atoms with Gasteiger partial charge in [-0.05, 0) is 55.9 Å². The molecule has 0 spiro atoms. The second-order valence-corrected chi connectivity index (χ2v) is 6.81. The number of rotatable bonds is 3. The number of hydrogen-bond acceptors (Lipinski definition) is 3. The third-order valence-electron chi connectivity index (χ3n) is 2.77. The molecule has 7 heteroatoms. The number of hydrazone groups is 1. The normalized spacial score (nSPS) is 11.3. The Morgan fingerprint density at radius 2 is 2.00 bits per heavy atom. The molecule has 0 bridgehead atoms. The van der Waals surface area contributed by atoms with E-state index in [1.165, 1.54) is 11.3 Å². The molecule has 3 nitrogen and oxygen atoms in total. The van der Waals surface area contributed by atoms with Crippen molar-refractivity contribution in [2.75, 3.05) is 5.32 Å². The van der Waals surface area contributed by atoms with Crippen LogP contribution in [0.2, 0.25) is 9.36 Å². The number of hydrogen-bond donors (Lipinski definition) is 2. The Morgan fingerprint density at radius 3 is 2.67 bits per heavy atom. The lowest BCUT2D eigenvalue weighted by Crippen LogP contribution is -2.25. The van der Waals surface area contributed by atoms with Gasteiger partial charge in [0, 0.05) is 10.7 Å². The summed E-state index contributed by atoms with van der Waals surface area (Å²) in [7, 11) is 0. The lowest BCUT2D eigenvalue weighted by molar-refractivity contribution is 1.04. The molecule has 110 valence electrons. The Labute approximate surface area is 143 Å². The van der Waals surface area contributed by atoms with Crippen LogP contribution in [0.4, 0.5) is 5.69 Å². The van der Waals surface area contributed by atoms with Crippen molar-refractivity contribution in [2.45, 2.75) is 13.8 Å². The molecule has 0 saturated heterocycles. The number of anilines is 1. The molecule has 0 fully saturated rings. The summed E-state index contributed by atoms with van der Waals surface area (Å²) in [6.07, 6.45) is 0. The van der Waals surface area contributed by atoms with Gasteiger partial charge in [0.05, 0.1) is 14.9 Å². The minimum Gasteiger partial charge on any atom is -0.331 e. The predicted octanol–water partition coefficient (Wildman–Crippen LogP) is 5.07. The fourth-order valence-corrected chi connectivity index (χ4v) is 2.91. The Hall–Kier alpha value is -1.14. The van der Waals surface area contributed by atoms with Crippen molar-refractivity contribution in [3.05, 3.63) is 50.1 Å². The van der Waals surface area contributed by atoms with E-state index in [2.05, 4.69) is 15.8 Å². The first-order chi connectivity index (χ1) is 9.97. The van der Waals surface area contributed by atoms with Gasteiger partial charge in [-0.2, -0.15) is 5.10 Å². The molecule has 21 heavy (non-hydrogen) atoms. The zero-order valence-electron chi connectivity index (χ0n) is 11.4. The van der Waals surface area contributed by atoms with Gasteiger partial charge in [0.2, 0.25) is 0 Å². The molecular formula is C14H13Cl2N3S2. The highest BCUT2D eigenvalue weighted by Gasteiger charge is 2.05. The molecule has 0 atom stereocenters. The molecule has 1 aromatic carbocycles. The number of thiocarbonyl (C=S) groups is 1. The monoisotopic (exact) mass is 357 g/mol. The maximum absolute atomic E-state index is 6.06. The van der Waals surface area contributed by atoms with Crippen LogP contribution in [-0.4, -0.2) is 10.8 Å². The second kappa shape index (κ2) is 7.22. The molecule has 0 aliphatic rings. The molecule has 0 amide bonds. The Morgan fingerprint density at radius 1 is 1.24 bits per heavy atom. The molecule has 2 aromatic rings. The Bertz CT molecular complexity index is 695. The van der Waals surface area contributed by atoms with Crippen LogP contribution in [0.1, 0.15) is 17.4 Å². The number of nitrogens with zero attached hydrogens (tertiary/aromatic N) is 1. The molecule has 0 radical (unpaired) electrons. The van der Waals surface area contributed by atoms with Gasteiger partial charge in [-0.1, -0.05) is 29.3 Å². The lowest BCUT2D eigenvalue weighted by Gasteiger charge is -2.11. The molecule has 0 unspecified atom stereocenters. The van der Waals surface area contributed by atoms with E-state index in [1.807, 2.05) is 44.2 Å². The van der Waals surface area contributed by atoms with Gasteiger partial charge in [-0.15, -0.1) is 11.3 Å². The number of nitrogens with one attached hydrogen (secondary N) is 2. The van der Waals surface area contributed by atoms with Gasteiger partial charge in [-0.3, -0.25) is 5.43 Å². The van der Waals surface area contributed by atoms with Crippen molar-refractivity contribution in [1.82, 2.24) is 5.43 Å². The summed E-state index contributed by atoms with van der Waals surface area (Å²) in [5.74, 6) is 0. The van der Waals surface area contributed by atoms with Crippen LogP contribution in [-0.2, 0) is 0 Å².